The number of rotatable bonds is 7. The number of pyridine rings is 1. The van der Waals surface area contributed by atoms with Crippen molar-refractivity contribution in [3.63, 3.8) is 0 Å². The van der Waals surface area contributed by atoms with Gasteiger partial charge in [0.05, 0.1) is 5.69 Å². The van der Waals surface area contributed by atoms with Crippen molar-refractivity contribution in [3.8, 4) is 0 Å². The van der Waals surface area contributed by atoms with Gasteiger partial charge in [0, 0.05) is 22.9 Å². The Balaban J connectivity index is 1.68. The highest BCUT2D eigenvalue weighted by molar-refractivity contribution is 7.99. The zero-order valence-corrected chi connectivity index (χ0v) is 15.9. The number of hydrogen-bond acceptors (Lipinski definition) is 5. The summed E-state index contributed by atoms with van der Waals surface area (Å²) in [6, 6.07) is 10.00. The molecule has 0 spiro atoms. The van der Waals surface area contributed by atoms with Gasteiger partial charge in [0.2, 0.25) is 0 Å². The van der Waals surface area contributed by atoms with Gasteiger partial charge in [0.15, 0.2) is 0 Å². The number of aromatic amines is 1. The van der Waals surface area contributed by atoms with Crippen molar-refractivity contribution in [2.24, 2.45) is 0 Å². The zero-order chi connectivity index (χ0) is 19.2. The molecule has 0 fully saturated rings. The summed E-state index contributed by atoms with van der Waals surface area (Å²) in [7, 11) is 0. The molecule has 0 saturated heterocycles. The van der Waals surface area contributed by atoms with Crippen molar-refractivity contribution in [2.45, 2.75) is 42.7 Å². The molecule has 0 aliphatic carbocycles. The number of nitrogens with one attached hydrogen (secondary N) is 1. The summed E-state index contributed by atoms with van der Waals surface area (Å²) in [5.41, 5.74) is 1.75. The normalized spacial score (nSPS) is 11.0. The Labute approximate surface area is 161 Å². The van der Waals surface area contributed by atoms with E-state index in [1.807, 2.05) is 26.0 Å². The van der Waals surface area contributed by atoms with Crippen LogP contribution in [0.1, 0.15) is 36.8 Å². The molecule has 0 saturated carbocycles. The van der Waals surface area contributed by atoms with E-state index in [1.165, 1.54) is 23.9 Å². The third-order valence-electron chi connectivity index (χ3n) is 3.77. The van der Waals surface area contributed by atoms with Gasteiger partial charge in [-0.1, -0.05) is 37.7 Å². The first-order chi connectivity index (χ1) is 13.0. The molecule has 0 aliphatic rings. The second-order valence-electron chi connectivity index (χ2n) is 6.32. The Morgan fingerprint density at radius 2 is 2.15 bits per heavy atom. The molecule has 0 atom stereocenters. The van der Waals surface area contributed by atoms with Crippen molar-refractivity contribution < 1.29 is 13.9 Å². The number of carbonyl (C=O) groups excluding carboxylic acids is 1. The predicted molar refractivity (Wildman–Crippen MR) is 101 cm³/mol. The predicted octanol–water partition coefficient (Wildman–Crippen LogP) is 4.50. The first-order valence-corrected chi connectivity index (χ1v) is 9.39. The van der Waals surface area contributed by atoms with Crippen LogP contribution in [-0.2, 0) is 22.6 Å². The van der Waals surface area contributed by atoms with Crippen molar-refractivity contribution in [3.05, 3.63) is 71.7 Å². The van der Waals surface area contributed by atoms with Crippen molar-refractivity contribution in [1.82, 2.24) is 15.0 Å². The van der Waals surface area contributed by atoms with E-state index in [0.717, 1.165) is 21.2 Å². The van der Waals surface area contributed by atoms with Crippen molar-refractivity contribution >= 4 is 17.7 Å². The minimum Gasteiger partial charge on any atom is -0.460 e. The van der Waals surface area contributed by atoms with Gasteiger partial charge in [-0.25, -0.2) is 9.37 Å². The lowest BCUT2D eigenvalue weighted by Crippen LogP contribution is -2.09. The number of H-pyrrole nitrogens is 1. The Hall–Kier alpha value is -2.67. The number of imidazole rings is 1. The molecule has 0 aliphatic heterocycles. The summed E-state index contributed by atoms with van der Waals surface area (Å²) < 4.78 is 18.7. The maximum absolute atomic E-state index is 13.4. The largest absolute Gasteiger partial charge is 0.460 e. The van der Waals surface area contributed by atoms with Gasteiger partial charge in [0.1, 0.15) is 29.7 Å². The molecule has 1 aromatic carbocycles. The van der Waals surface area contributed by atoms with E-state index in [0.29, 0.717) is 5.82 Å². The molecule has 7 heteroatoms. The number of carbonyl (C=O) groups is 1. The second-order valence-corrected chi connectivity index (χ2v) is 7.38. The van der Waals surface area contributed by atoms with Gasteiger partial charge in [0.25, 0.3) is 0 Å². The van der Waals surface area contributed by atoms with E-state index in [-0.39, 0.29) is 30.7 Å². The topological polar surface area (TPSA) is 67.9 Å². The third-order valence-corrected chi connectivity index (χ3v) is 4.76. The van der Waals surface area contributed by atoms with Crippen molar-refractivity contribution in [2.75, 3.05) is 0 Å². The lowest BCUT2D eigenvalue weighted by atomic mass is 10.2. The number of nitrogens with zero attached hydrogens (tertiary/aromatic N) is 2. The van der Waals surface area contributed by atoms with Crippen LogP contribution in [0.2, 0.25) is 0 Å². The molecule has 0 radical (unpaired) electrons. The lowest BCUT2D eigenvalue weighted by Gasteiger charge is -2.05. The van der Waals surface area contributed by atoms with Crippen LogP contribution in [0, 0.1) is 5.82 Å². The molecule has 3 aromatic rings. The minimum atomic E-state index is -0.370. The molecule has 5 nitrogen and oxygen atoms in total. The van der Waals surface area contributed by atoms with Gasteiger partial charge in [-0.3, -0.25) is 9.78 Å². The molecule has 27 heavy (non-hydrogen) atoms. The highest BCUT2D eigenvalue weighted by Gasteiger charge is 2.17. The van der Waals surface area contributed by atoms with Crippen LogP contribution in [0.15, 0.2) is 58.7 Å². The first-order valence-electron chi connectivity index (χ1n) is 8.58. The molecule has 2 aromatic heterocycles. The standard InChI is InChI=1S/C20H20FN3O2S/c1-13(2)19-20(27-16-7-3-6-15(21)9-16)24-17(23-19)10-18(25)26-12-14-5-4-8-22-11-14/h3-9,11,13H,10,12H2,1-2H3,(H,23,24). The Morgan fingerprint density at radius 1 is 1.30 bits per heavy atom. The molecule has 140 valence electrons. The Kier molecular flexibility index (Phi) is 6.24. The fourth-order valence-electron chi connectivity index (χ4n) is 2.45. The van der Waals surface area contributed by atoms with E-state index in [4.69, 9.17) is 4.74 Å². The summed E-state index contributed by atoms with van der Waals surface area (Å²) in [6.07, 6.45) is 3.37. The molecular weight excluding hydrogens is 365 g/mol. The number of esters is 1. The second kappa shape index (κ2) is 8.81. The highest BCUT2D eigenvalue weighted by Crippen LogP contribution is 2.32. The summed E-state index contributed by atoms with van der Waals surface area (Å²) in [5, 5.41) is 0.741. The Morgan fingerprint density at radius 3 is 2.85 bits per heavy atom. The molecular formula is C20H20FN3O2S. The number of aromatic nitrogens is 3. The maximum atomic E-state index is 13.4. The van der Waals surface area contributed by atoms with Gasteiger partial charge in [-0.2, -0.15) is 0 Å². The summed E-state index contributed by atoms with van der Waals surface area (Å²) in [4.78, 5) is 24.6. The highest BCUT2D eigenvalue weighted by atomic mass is 32.2. The van der Waals surface area contributed by atoms with Crippen LogP contribution < -0.4 is 0 Å². The summed E-state index contributed by atoms with van der Waals surface area (Å²) in [6.45, 7) is 4.25. The third kappa shape index (κ3) is 5.40. The van der Waals surface area contributed by atoms with Gasteiger partial charge < -0.3 is 9.72 Å². The summed E-state index contributed by atoms with van der Waals surface area (Å²) in [5.74, 6) is 0.0635. The first kappa shape index (κ1) is 19.1. The van der Waals surface area contributed by atoms with Gasteiger partial charge in [-0.15, -0.1) is 0 Å². The van der Waals surface area contributed by atoms with Crippen LogP contribution in [0.5, 0.6) is 0 Å². The van der Waals surface area contributed by atoms with E-state index in [9.17, 15) is 9.18 Å². The average molecular weight is 385 g/mol. The van der Waals surface area contributed by atoms with E-state index in [1.54, 1.807) is 24.5 Å². The lowest BCUT2D eigenvalue weighted by molar-refractivity contribution is -0.144. The molecule has 0 bridgehead atoms. The SMILES string of the molecule is CC(C)c1[nH]c(CC(=O)OCc2cccnc2)nc1Sc1cccc(F)c1. The van der Waals surface area contributed by atoms with Crippen LogP contribution in [-0.4, -0.2) is 20.9 Å². The number of ether oxygens (including phenoxy) is 1. The monoisotopic (exact) mass is 385 g/mol. The molecule has 1 N–H and O–H groups in total. The van der Waals surface area contributed by atoms with Crippen LogP contribution in [0.3, 0.4) is 0 Å². The van der Waals surface area contributed by atoms with Crippen LogP contribution in [0.25, 0.3) is 0 Å². The smallest absolute Gasteiger partial charge is 0.313 e. The van der Waals surface area contributed by atoms with E-state index < -0.39 is 0 Å². The van der Waals surface area contributed by atoms with Gasteiger partial charge in [-0.05, 0) is 30.2 Å². The number of hydrogen-bond donors (Lipinski definition) is 1. The van der Waals surface area contributed by atoms with Gasteiger partial charge >= 0.3 is 5.97 Å². The average Bonchev–Trinajstić information content (AvgIpc) is 3.03. The molecule has 0 amide bonds. The molecule has 2 heterocycles. The van der Waals surface area contributed by atoms with E-state index >= 15 is 0 Å². The van der Waals surface area contributed by atoms with Crippen LogP contribution in [0.4, 0.5) is 4.39 Å². The number of benzene rings is 1. The van der Waals surface area contributed by atoms with E-state index in [2.05, 4.69) is 15.0 Å². The molecule has 3 rings (SSSR count). The maximum Gasteiger partial charge on any atom is 0.313 e. The minimum absolute atomic E-state index is 0.0453. The quantitative estimate of drug-likeness (QED) is 0.606. The summed E-state index contributed by atoms with van der Waals surface area (Å²) >= 11 is 1.37. The number of halogens is 1. The fourth-order valence-corrected chi connectivity index (χ4v) is 3.54. The van der Waals surface area contributed by atoms with Crippen molar-refractivity contribution in [1.29, 1.82) is 0 Å². The fraction of sp³-hybridized carbons (Fsp3) is 0.250. The van der Waals surface area contributed by atoms with Crippen LogP contribution >= 0.6 is 11.8 Å². The molecule has 0 unspecified atom stereocenters. The Bertz CT molecular complexity index is 913. The zero-order valence-electron chi connectivity index (χ0n) is 15.1.